The number of benzene rings is 1. The lowest BCUT2D eigenvalue weighted by molar-refractivity contribution is 1.00. The molecule has 0 fully saturated rings. The number of anilines is 1. The highest BCUT2D eigenvalue weighted by Crippen LogP contribution is 2.21. The van der Waals surface area contributed by atoms with Crippen LogP contribution in [0, 0.1) is 0 Å². The number of hydrogen-bond acceptors (Lipinski definition) is 5. The predicted molar refractivity (Wildman–Crippen MR) is 76.2 cm³/mol. The van der Waals surface area contributed by atoms with Crippen molar-refractivity contribution in [2.24, 2.45) is 5.10 Å². The zero-order valence-electron chi connectivity index (χ0n) is 10.8. The van der Waals surface area contributed by atoms with Gasteiger partial charge in [-0.3, -0.25) is 0 Å². The van der Waals surface area contributed by atoms with Crippen LogP contribution < -0.4 is 5.43 Å². The zero-order chi connectivity index (χ0) is 13.2. The first kappa shape index (κ1) is 11.6. The van der Waals surface area contributed by atoms with Crippen molar-refractivity contribution >= 4 is 33.7 Å². The van der Waals surface area contributed by atoms with E-state index in [1.807, 2.05) is 38.1 Å². The lowest BCUT2D eigenvalue weighted by Crippen LogP contribution is -2.01. The third kappa shape index (κ3) is 2.12. The molecule has 96 valence electrons. The molecule has 2 aromatic heterocycles. The van der Waals surface area contributed by atoms with Crippen LogP contribution in [-0.4, -0.2) is 25.9 Å². The normalized spacial score (nSPS) is 12.2. The average molecular weight is 254 g/mol. The second-order valence-corrected chi connectivity index (χ2v) is 4.32. The van der Waals surface area contributed by atoms with Crippen molar-refractivity contribution in [2.45, 2.75) is 20.3 Å². The number of fused-ring (bicyclic) bond motifs is 3. The third-order valence-corrected chi connectivity index (χ3v) is 2.98. The van der Waals surface area contributed by atoms with Gasteiger partial charge in [0.25, 0.3) is 5.95 Å². The molecule has 6 nitrogen and oxygen atoms in total. The van der Waals surface area contributed by atoms with Gasteiger partial charge in [-0.1, -0.05) is 25.1 Å². The van der Waals surface area contributed by atoms with E-state index in [1.165, 1.54) is 0 Å². The van der Waals surface area contributed by atoms with Crippen LogP contribution in [0.15, 0.2) is 29.4 Å². The van der Waals surface area contributed by atoms with Crippen molar-refractivity contribution in [3.05, 3.63) is 24.3 Å². The van der Waals surface area contributed by atoms with E-state index in [0.717, 1.165) is 28.6 Å². The minimum absolute atomic E-state index is 0.395. The molecule has 0 radical (unpaired) electrons. The Morgan fingerprint density at radius 3 is 3.00 bits per heavy atom. The predicted octanol–water partition coefficient (Wildman–Crippen LogP) is 2.70. The highest BCUT2D eigenvalue weighted by Gasteiger charge is 2.07. The van der Waals surface area contributed by atoms with Gasteiger partial charge in [-0.15, -0.1) is 10.2 Å². The number of hydrogen-bond donors (Lipinski definition) is 2. The van der Waals surface area contributed by atoms with Gasteiger partial charge >= 0.3 is 0 Å². The monoisotopic (exact) mass is 254 g/mol. The van der Waals surface area contributed by atoms with Crippen LogP contribution in [0.2, 0.25) is 0 Å². The first-order valence-corrected chi connectivity index (χ1v) is 6.18. The molecule has 19 heavy (non-hydrogen) atoms. The highest BCUT2D eigenvalue weighted by molar-refractivity contribution is 6.03. The Bertz CT molecular complexity index is 758. The number of aromatic nitrogens is 4. The summed E-state index contributed by atoms with van der Waals surface area (Å²) in [6, 6.07) is 7.93. The SMILES string of the molecule is CC/C(C)=N\Nc1nnc2c(n1)[nH]c1ccccc12. The van der Waals surface area contributed by atoms with Crippen LogP contribution in [0.1, 0.15) is 20.3 Å². The van der Waals surface area contributed by atoms with Gasteiger partial charge in [0.05, 0.1) is 0 Å². The van der Waals surface area contributed by atoms with E-state index >= 15 is 0 Å². The smallest absolute Gasteiger partial charge is 0.265 e. The summed E-state index contributed by atoms with van der Waals surface area (Å²) >= 11 is 0. The van der Waals surface area contributed by atoms with Gasteiger partial charge in [-0.05, 0) is 19.4 Å². The Labute approximate surface area is 110 Å². The zero-order valence-corrected chi connectivity index (χ0v) is 10.8. The fourth-order valence-electron chi connectivity index (χ4n) is 1.79. The maximum absolute atomic E-state index is 4.37. The van der Waals surface area contributed by atoms with E-state index in [-0.39, 0.29) is 0 Å². The fraction of sp³-hybridized carbons (Fsp3) is 0.231. The van der Waals surface area contributed by atoms with E-state index < -0.39 is 0 Å². The van der Waals surface area contributed by atoms with Crippen LogP contribution in [0.5, 0.6) is 0 Å². The average Bonchev–Trinajstić information content (AvgIpc) is 2.82. The van der Waals surface area contributed by atoms with Gasteiger partial charge in [0.1, 0.15) is 5.52 Å². The Kier molecular flexibility index (Phi) is 2.83. The molecule has 3 rings (SSSR count). The van der Waals surface area contributed by atoms with Crippen LogP contribution in [0.25, 0.3) is 22.1 Å². The molecular formula is C13H14N6. The summed E-state index contributed by atoms with van der Waals surface area (Å²) in [5.74, 6) is 0.395. The number of nitrogens with one attached hydrogen (secondary N) is 2. The molecule has 0 saturated heterocycles. The second kappa shape index (κ2) is 4.64. The first-order valence-electron chi connectivity index (χ1n) is 6.18. The van der Waals surface area contributed by atoms with Crippen molar-refractivity contribution in [3.63, 3.8) is 0 Å². The van der Waals surface area contributed by atoms with Gasteiger partial charge in [0.2, 0.25) is 0 Å². The molecule has 0 amide bonds. The van der Waals surface area contributed by atoms with E-state index in [0.29, 0.717) is 11.6 Å². The molecule has 0 spiro atoms. The molecule has 2 heterocycles. The Hall–Kier alpha value is -2.50. The molecule has 0 aliphatic carbocycles. The van der Waals surface area contributed by atoms with Crippen LogP contribution >= 0.6 is 0 Å². The Morgan fingerprint density at radius 2 is 2.16 bits per heavy atom. The van der Waals surface area contributed by atoms with Gasteiger partial charge < -0.3 is 4.98 Å². The van der Waals surface area contributed by atoms with E-state index in [1.54, 1.807) is 0 Å². The molecule has 0 aliphatic heterocycles. The van der Waals surface area contributed by atoms with E-state index in [9.17, 15) is 0 Å². The summed E-state index contributed by atoms with van der Waals surface area (Å²) in [6.07, 6.45) is 0.884. The summed E-state index contributed by atoms with van der Waals surface area (Å²) in [4.78, 5) is 7.59. The molecule has 1 aromatic carbocycles. The summed E-state index contributed by atoms with van der Waals surface area (Å²) in [6.45, 7) is 3.99. The summed E-state index contributed by atoms with van der Waals surface area (Å²) in [5.41, 5.74) is 6.29. The minimum atomic E-state index is 0.395. The molecule has 0 saturated carbocycles. The minimum Gasteiger partial charge on any atom is -0.338 e. The van der Waals surface area contributed by atoms with E-state index in [4.69, 9.17) is 0 Å². The molecule has 0 aliphatic rings. The van der Waals surface area contributed by atoms with Crippen LogP contribution in [-0.2, 0) is 0 Å². The summed E-state index contributed by atoms with van der Waals surface area (Å²) in [7, 11) is 0. The highest BCUT2D eigenvalue weighted by atomic mass is 15.4. The van der Waals surface area contributed by atoms with Gasteiger partial charge in [-0.2, -0.15) is 10.1 Å². The summed E-state index contributed by atoms with van der Waals surface area (Å²) in [5, 5.41) is 13.4. The summed E-state index contributed by atoms with van der Waals surface area (Å²) < 4.78 is 0. The van der Waals surface area contributed by atoms with Gasteiger partial charge in [0.15, 0.2) is 5.65 Å². The van der Waals surface area contributed by atoms with Crippen LogP contribution in [0.4, 0.5) is 5.95 Å². The molecule has 2 N–H and O–H groups in total. The maximum Gasteiger partial charge on any atom is 0.265 e. The lowest BCUT2D eigenvalue weighted by atomic mass is 10.2. The number of rotatable bonds is 3. The van der Waals surface area contributed by atoms with E-state index in [2.05, 4.69) is 30.7 Å². The standard InChI is InChI=1S/C13H14N6/c1-3-8(2)16-18-13-15-12-11(17-19-13)9-6-4-5-7-10(9)14-12/h4-7H,3H2,1-2H3,(H2,14,15,18,19)/b16-8-. The van der Waals surface area contributed by atoms with Crippen molar-refractivity contribution in [2.75, 3.05) is 5.43 Å². The van der Waals surface area contributed by atoms with Crippen molar-refractivity contribution in [3.8, 4) is 0 Å². The Balaban J connectivity index is 2.04. The van der Waals surface area contributed by atoms with Crippen molar-refractivity contribution < 1.29 is 0 Å². The fourth-order valence-corrected chi connectivity index (χ4v) is 1.79. The number of H-pyrrole nitrogens is 1. The number of hydrazone groups is 1. The quantitative estimate of drug-likeness (QED) is 0.556. The largest absolute Gasteiger partial charge is 0.338 e. The number of aromatic amines is 1. The van der Waals surface area contributed by atoms with Crippen LogP contribution in [0.3, 0.4) is 0 Å². The topological polar surface area (TPSA) is 78.8 Å². The molecule has 0 atom stereocenters. The molecule has 3 aromatic rings. The molecule has 0 unspecified atom stereocenters. The second-order valence-electron chi connectivity index (χ2n) is 4.32. The lowest BCUT2D eigenvalue weighted by Gasteiger charge is -1.98. The van der Waals surface area contributed by atoms with Crippen molar-refractivity contribution in [1.82, 2.24) is 20.2 Å². The Morgan fingerprint density at radius 1 is 1.32 bits per heavy atom. The molecule has 0 bridgehead atoms. The third-order valence-electron chi connectivity index (χ3n) is 2.98. The molecule has 6 heteroatoms. The van der Waals surface area contributed by atoms with Gasteiger partial charge in [0, 0.05) is 16.6 Å². The van der Waals surface area contributed by atoms with Gasteiger partial charge in [-0.25, -0.2) is 5.43 Å². The molecular weight excluding hydrogens is 240 g/mol. The number of nitrogens with zero attached hydrogens (tertiary/aromatic N) is 4. The number of para-hydroxylation sites is 1. The van der Waals surface area contributed by atoms with Crippen molar-refractivity contribution in [1.29, 1.82) is 0 Å². The first-order chi connectivity index (χ1) is 9.28. The maximum atomic E-state index is 4.37.